The third-order valence-electron chi connectivity index (χ3n) is 13.8. The second kappa shape index (κ2) is 15.1. The first-order chi connectivity index (χ1) is 29.5. The summed E-state index contributed by atoms with van der Waals surface area (Å²) in [6.45, 7) is 4.87. The van der Waals surface area contributed by atoms with Gasteiger partial charge < -0.3 is 39.7 Å². The highest BCUT2D eigenvalue weighted by molar-refractivity contribution is 6.04. The van der Waals surface area contributed by atoms with E-state index in [1.165, 1.54) is 19.1 Å². The molecule has 4 amide bonds. The van der Waals surface area contributed by atoms with Crippen molar-refractivity contribution in [3.8, 4) is 11.8 Å². The lowest BCUT2D eigenvalue weighted by molar-refractivity contribution is -0.141. The van der Waals surface area contributed by atoms with E-state index in [0.29, 0.717) is 37.9 Å². The quantitative estimate of drug-likeness (QED) is 0.134. The smallest absolute Gasteiger partial charge is 0.407 e. The van der Waals surface area contributed by atoms with Crippen molar-refractivity contribution in [2.24, 2.45) is 23.7 Å². The van der Waals surface area contributed by atoms with E-state index >= 15 is 0 Å². The Bertz CT molecular complexity index is 2660. The van der Waals surface area contributed by atoms with Gasteiger partial charge in [-0.25, -0.2) is 19.6 Å². The molecule has 2 aromatic heterocycles. The maximum Gasteiger partial charge on any atom is 0.407 e. The van der Waals surface area contributed by atoms with Crippen molar-refractivity contribution in [1.82, 2.24) is 40.0 Å². The highest BCUT2D eigenvalue weighted by Crippen LogP contribution is 2.55. The summed E-state index contributed by atoms with van der Waals surface area (Å²) in [6.07, 6.45) is 3.08. The molecule has 0 bridgehead atoms. The number of hydrogen-bond acceptors (Lipinski definition) is 8. The van der Waals surface area contributed by atoms with E-state index in [1.807, 2.05) is 60.0 Å². The highest BCUT2D eigenvalue weighted by Gasteiger charge is 2.58. The Kier molecular flexibility index (Phi) is 9.65. The fourth-order valence-electron chi connectivity index (χ4n) is 10.4. The number of nitrogens with one attached hydrogen (secondary N) is 3. The molecule has 8 atom stereocenters. The van der Waals surface area contributed by atoms with Crippen molar-refractivity contribution in [3.63, 3.8) is 0 Å². The first kappa shape index (κ1) is 39.0. The van der Waals surface area contributed by atoms with Crippen molar-refractivity contribution >= 4 is 56.8 Å². The molecule has 0 spiro atoms. The number of carbonyl (C=O) groups excluding carboxylic acids is 3. The summed E-state index contributed by atoms with van der Waals surface area (Å²) in [5, 5.41) is 14.7. The molecule has 2 aliphatic carbocycles. The first-order valence-corrected chi connectivity index (χ1v) is 21.4. The number of imidazole rings is 2. The molecule has 4 N–H and O–H groups in total. The molecule has 15 heteroatoms. The van der Waals surface area contributed by atoms with Crippen LogP contribution in [0.1, 0.15) is 87.2 Å². The van der Waals surface area contributed by atoms with Crippen molar-refractivity contribution < 1.29 is 33.8 Å². The molecular formula is C46H50N8O7. The number of rotatable bonds is 8. The average Bonchev–Trinajstić information content (AvgIpc) is 3.91. The van der Waals surface area contributed by atoms with Gasteiger partial charge in [-0.2, -0.15) is 0 Å². The van der Waals surface area contributed by atoms with E-state index in [1.54, 1.807) is 0 Å². The van der Waals surface area contributed by atoms with Crippen molar-refractivity contribution in [3.05, 3.63) is 71.3 Å². The number of aromatic nitrogens is 4. The van der Waals surface area contributed by atoms with E-state index in [4.69, 9.17) is 19.4 Å². The molecule has 61 heavy (non-hydrogen) atoms. The SMILES string of the molecule is COC(=O)N[C@H](C(=O)N1[C@@H]2C[C@@H]2C[C@H]1c1nc2cc(C#Cc3ccc4c(ccc5nc([C@@H]6C[C@H]7C[C@H]7N6C(=O)[C@H](C6CCOCC6)N(C)C(=O)O)[nH]c54)c3)ccc2[nH]1)C(C)C. The van der Waals surface area contributed by atoms with Gasteiger partial charge in [0.2, 0.25) is 11.8 Å². The summed E-state index contributed by atoms with van der Waals surface area (Å²) in [5.74, 6) is 8.46. The van der Waals surface area contributed by atoms with Gasteiger partial charge in [0.15, 0.2) is 0 Å². The number of hydrogen-bond donors (Lipinski definition) is 4. The van der Waals surface area contributed by atoms with Crippen LogP contribution in [0, 0.1) is 35.5 Å². The third-order valence-corrected chi connectivity index (χ3v) is 13.8. The molecule has 0 radical (unpaired) electrons. The average molecular weight is 827 g/mol. The predicted octanol–water partition coefficient (Wildman–Crippen LogP) is 6.10. The fourth-order valence-corrected chi connectivity index (χ4v) is 10.4. The van der Waals surface area contributed by atoms with Crippen molar-refractivity contribution in [1.29, 1.82) is 0 Å². The summed E-state index contributed by atoms with van der Waals surface area (Å²) in [7, 11) is 2.80. The Morgan fingerprint density at radius 3 is 2.16 bits per heavy atom. The number of ether oxygens (including phenoxy) is 2. The molecule has 3 saturated heterocycles. The van der Waals surface area contributed by atoms with Gasteiger partial charge in [0, 0.05) is 48.9 Å². The Morgan fingerprint density at radius 2 is 1.49 bits per heavy atom. The molecule has 5 heterocycles. The van der Waals surface area contributed by atoms with Gasteiger partial charge in [0.25, 0.3) is 0 Å². The summed E-state index contributed by atoms with van der Waals surface area (Å²) < 4.78 is 10.4. The second-order valence-electron chi connectivity index (χ2n) is 17.9. The molecule has 3 aliphatic heterocycles. The van der Waals surface area contributed by atoms with E-state index in [2.05, 4.69) is 39.3 Å². The van der Waals surface area contributed by atoms with Gasteiger partial charge in [-0.15, -0.1) is 0 Å². The number of H-pyrrole nitrogens is 2. The summed E-state index contributed by atoms with van der Waals surface area (Å²) >= 11 is 0. The minimum absolute atomic E-state index is 0.0985. The minimum Gasteiger partial charge on any atom is -0.465 e. The Hall–Kier alpha value is -6.14. The van der Waals surface area contributed by atoms with Gasteiger partial charge in [0.1, 0.15) is 23.7 Å². The minimum atomic E-state index is -1.11. The van der Waals surface area contributed by atoms with Crippen LogP contribution >= 0.6 is 0 Å². The number of aromatic amines is 2. The molecule has 2 saturated carbocycles. The van der Waals surface area contributed by atoms with Crippen LogP contribution in [0.4, 0.5) is 9.59 Å². The van der Waals surface area contributed by atoms with Crippen molar-refractivity contribution in [2.45, 2.75) is 88.6 Å². The Balaban J connectivity index is 0.876. The van der Waals surface area contributed by atoms with E-state index in [-0.39, 0.29) is 47.8 Å². The van der Waals surface area contributed by atoms with Crippen LogP contribution in [-0.2, 0) is 19.1 Å². The van der Waals surface area contributed by atoms with Gasteiger partial charge in [-0.1, -0.05) is 37.8 Å². The van der Waals surface area contributed by atoms with Gasteiger partial charge in [-0.05, 0) is 104 Å². The van der Waals surface area contributed by atoms with Crippen LogP contribution in [0.2, 0.25) is 0 Å². The second-order valence-corrected chi connectivity index (χ2v) is 17.9. The number of methoxy groups -OCH3 is 1. The lowest BCUT2D eigenvalue weighted by atomic mass is 9.89. The predicted molar refractivity (Wildman–Crippen MR) is 225 cm³/mol. The Labute approximate surface area is 352 Å². The van der Waals surface area contributed by atoms with Gasteiger partial charge >= 0.3 is 12.2 Å². The number of fused-ring (bicyclic) bond motifs is 6. The number of alkyl carbamates (subject to hydrolysis) is 1. The van der Waals surface area contributed by atoms with Gasteiger partial charge in [-0.3, -0.25) is 14.5 Å². The summed E-state index contributed by atoms with van der Waals surface area (Å²) in [6, 6.07) is 14.4. The highest BCUT2D eigenvalue weighted by atomic mass is 16.5. The molecule has 0 unspecified atom stereocenters. The number of amides is 4. The Morgan fingerprint density at radius 1 is 0.852 bits per heavy atom. The number of nitrogens with zero attached hydrogens (tertiary/aromatic N) is 5. The van der Waals surface area contributed by atoms with E-state index < -0.39 is 24.3 Å². The third kappa shape index (κ3) is 7.00. The topological polar surface area (TPSA) is 186 Å². The largest absolute Gasteiger partial charge is 0.465 e. The summed E-state index contributed by atoms with van der Waals surface area (Å²) in [5.41, 5.74) is 5.00. The molecule has 3 aromatic carbocycles. The number of carbonyl (C=O) groups is 4. The van der Waals surface area contributed by atoms with E-state index in [9.17, 15) is 24.3 Å². The number of likely N-dealkylation sites (N-methyl/N-ethyl adjacent to an activating group) is 1. The maximum atomic E-state index is 14.4. The van der Waals surface area contributed by atoms with Crippen molar-refractivity contribution in [2.75, 3.05) is 27.4 Å². The van der Waals surface area contributed by atoms with E-state index in [0.717, 1.165) is 81.3 Å². The molecule has 15 nitrogen and oxygen atoms in total. The first-order valence-electron chi connectivity index (χ1n) is 21.4. The van der Waals surface area contributed by atoms with Crippen LogP contribution in [0.5, 0.6) is 0 Å². The molecule has 5 fully saturated rings. The summed E-state index contributed by atoms with van der Waals surface area (Å²) in [4.78, 5) is 74.5. The zero-order valence-corrected chi connectivity index (χ0v) is 34.7. The van der Waals surface area contributed by atoms with Crippen LogP contribution in [0.3, 0.4) is 0 Å². The molecular weight excluding hydrogens is 777 g/mol. The van der Waals surface area contributed by atoms with Crippen LogP contribution in [0.15, 0.2) is 48.5 Å². The number of benzene rings is 3. The van der Waals surface area contributed by atoms with Crippen LogP contribution < -0.4 is 5.32 Å². The number of likely N-dealkylation sites (tertiary alicyclic amines) is 2. The maximum absolute atomic E-state index is 14.4. The normalized spacial score (nSPS) is 25.2. The lowest BCUT2D eigenvalue weighted by Gasteiger charge is -2.38. The lowest BCUT2D eigenvalue weighted by Crippen LogP contribution is -2.54. The van der Waals surface area contributed by atoms with Crippen LogP contribution in [-0.4, -0.2) is 115 Å². The zero-order chi connectivity index (χ0) is 42.3. The monoisotopic (exact) mass is 826 g/mol. The molecule has 316 valence electrons. The fraction of sp³-hybridized carbons (Fsp3) is 0.478. The molecule has 5 aliphatic rings. The van der Waals surface area contributed by atoms with Crippen LogP contribution in [0.25, 0.3) is 32.8 Å². The zero-order valence-electron chi connectivity index (χ0n) is 34.7. The van der Waals surface area contributed by atoms with Gasteiger partial charge in [0.05, 0.1) is 41.3 Å². The standard InChI is InChI=1S/C46H50N8O7/c1-23(2)38(51-45(57)60-4)43(55)53-34-19-28(34)21-36(53)41-47-31-11-8-25(18-33(31)49-41)6-5-24-7-10-30-27(17-24)9-12-32-39(30)50-42(48-32)37-22-29-20-35(29)54(37)44(56)40(52(3)46(58)59)26-13-15-61-16-14-26/h7-12,17-18,23,26,28-29,34-38,40H,13-16,19-22H2,1-4H3,(H,47,49)(H,48,50)(H,51,57)(H,58,59)/t28-,29-,34-,35-,36+,37+,38+,40+/m1/s1. The molecule has 10 rings (SSSR count). The molecule has 5 aromatic rings. The number of carboxylic acid groups (broad SMARTS) is 1. The number of piperidine rings is 2.